The van der Waals surface area contributed by atoms with E-state index in [1.165, 1.54) is 12.8 Å². The van der Waals surface area contributed by atoms with Crippen LogP contribution in [-0.2, 0) is 11.3 Å². The number of oxazole rings is 1. The van der Waals surface area contributed by atoms with Crippen molar-refractivity contribution in [1.29, 1.82) is 0 Å². The third-order valence-electron chi connectivity index (χ3n) is 7.70. The third-order valence-corrected chi connectivity index (χ3v) is 7.70. The summed E-state index contributed by atoms with van der Waals surface area (Å²) >= 11 is 0. The standard InChI is InChI=1S/C24H43N5O2.HI/c1-7-24(8-2)20(14-21(24)30-9-3)28-23(25-6)26-15-19-10-12-29(13-11-19)16-22-27-17(4)18(5)31-22;/h19-21H,7-16H2,1-6H3,(H2,25,26,28);1H. The van der Waals surface area contributed by atoms with Crippen LogP contribution in [0.15, 0.2) is 9.41 Å². The SMILES string of the molecule is CCOC1CC(NC(=NC)NCC2CCN(Cc3nc(C)c(C)o3)CC2)C1(CC)CC.I. The number of nitrogens with one attached hydrogen (secondary N) is 2. The zero-order chi connectivity index (χ0) is 22.4. The van der Waals surface area contributed by atoms with Gasteiger partial charge in [-0.3, -0.25) is 9.89 Å². The quantitative estimate of drug-likeness (QED) is 0.267. The molecule has 2 aliphatic rings. The fraction of sp³-hybridized carbons (Fsp3) is 0.833. The first-order valence-electron chi connectivity index (χ1n) is 12.2. The Kier molecular flexibility index (Phi) is 10.7. The molecule has 2 atom stereocenters. The van der Waals surface area contributed by atoms with E-state index in [2.05, 4.69) is 46.3 Å². The van der Waals surface area contributed by atoms with Crippen molar-refractivity contribution in [3.63, 3.8) is 0 Å². The number of rotatable bonds is 9. The number of nitrogens with zero attached hydrogens (tertiary/aromatic N) is 3. The Morgan fingerprint density at radius 2 is 1.91 bits per heavy atom. The maximum Gasteiger partial charge on any atom is 0.208 e. The van der Waals surface area contributed by atoms with Crippen molar-refractivity contribution in [3.05, 3.63) is 17.3 Å². The summed E-state index contributed by atoms with van der Waals surface area (Å²) in [5, 5.41) is 7.30. The molecule has 0 bridgehead atoms. The Hall–Kier alpha value is -0.870. The highest BCUT2D eigenvalue weighted by molar-refractivity contribution is 14.0. The molecule has 1 saturated carbocycles. The van der Waals surface area contributed by atoms with Crippen LogP contribution in [0.1, 0.15) is 70.2 Å². The molecule has 1 aliphatic carbocycles. The Bertz CT molecular complexity index is 706. The fourth-order valence-corrected chi connectivity index (χ4v) is 5.33. The lowest BCUT2D eigenvalue weighted by molar-refractivity contribution is -0.133. The summed E-state index contributed by atoms with van der Waals surface area (Å²) in [4.78, 5) is 11.5. The van der Waals surface area contributed by atoms with Crippen molar-refractivity contribution in [2.75, 3.05) is 33.3 Å². The third kappa shape index (κ3) is 6.17. The topological polar surface area (TPSA) is 74.9 Å². The van der Waals surface area contributed by atoms with Gasteiger partial charge in [0.2, 0.25) is 5.89 Å². The summed E-state index contributed by atoms with van der Waals surface area (Å²) in [6.07, 6.45) is 6.06. The Labute approximate surface area is 211 Å². The number of likely N-dealkylation sites (tertiary alicyclic amines) is 1. The number of aromatic nitrogens is 1. The first kappa shape index (κ1) is 27.4. The molecule has 32 heavy (non-hydrogen) atoms. The number of hydrogen-bond donors (Lipinski definition) is 2. The lowest BCUT2D eigenvalue weighted by Gasteiger charge is -2.55. The molecule has 184 valence electrons. The Morgan fingerprint density at radius 1 is 1.22 bits per heavy atom. The molecule has 8 heteroatoms. The molecule has 1 aromatic rings. The highest BCUT2D eigenvalue weighted by Crippen LogP contribution is 2.48. The van der Waals surface area contributed by atoms with Crippen LogP contribution in [0.5, 0.6) is 0 Å². The van der Waals surface area contributed by atoms with E-state index in [4.69, 9.17) is 9.15 Å². The van der Waals surface area contributed by atoms with Gasteiger partial charge in [-0.25, -0.2) is 4.98 Å². The zero-order valence-corrected chi connectivity index (χ0v) is 23.2. The predicted octanol–water partition coefficient (Wildman–Crippen LogP) is 4.27. The smallest absolute Gasteiger partial charge is 0.208 e. The second-order valence-electron chi connectivity index (χ2n) is 9.24. The van der Waals surface area contributed by atoms with E-state index in [1.807, 2.05) is 20.9 Å². The van der Waals surface area contributed by atoms with Gasteiger partial charge in [0.25, 0.3) is 0 Å². The summed E-state index contributed by atoms with van der Waals surface area (Å²) in [6.45, 7) is 15.4. The Balaban J connectivity index is 0.00000363. The summed E-state index contributed by atoms with van der Waals surface area (Å²) in [6, 6.07) is 0.430. The van der Waals surface area contributed by atoms with Crippen LogP contribution in [0.25, 0.3) is 0 Å². The van der Waals surface area contributed by atoms with Crippen LogP contribution >= 0.6 is 24.0 Å². The number of halogens is 1. The number of ether oxygens (including phenoxy) is 1. The van der Waals surface area contributed by atoms with E-state index < -0.39 is 0 Å². The van der Waals surface area contributed by atoms with Crippen molar-refractivity contribution < 1.29 is 9.15 Å². The molecular weight excluding hydrogens is 517 g/mol. The highest BCUT2D eigenvalue weighted by Gasteiger charge is 2.53. The van der Waals surface area contributed by atoms with Gasteiger partial charge in [0, 0.05) is 31.7 Å². The first-order valence-corrected chi connectivity index (χ1v) is 12.2. The largest absolute Gasteiger partial charge is 0.444 e. The molecule has 1 aliphatic heterocycles. The van der Waals surface area contributed by atoms with Crippen LogP contribution < -0.4 is 10.6 Å². The van der Waals surface area contributed by atoms with E-state index in [0.717, 1.165) is 75.4 Å². The lowest BCUT2D eigenvalue weighted by Crippen LogP contribution is -2.65. The molecule has 1 aromatic heterocycles. The van der Waals surface area contributed by atoms with E-state index in [0.29, 0.717) is 18.1 Å². The molecule has 3 rings (SSSR count). The molecular formula is C24H44IN5O2. The van der Waals surface area contributed by atoms with E-state index >= 15 is 0 Å². The number of guanidine groups is 1. The normalized spacial score (nSPS) is 24.0. The molecule has 0 spiro atoms. The average Bonchev–Trinajstić information content (AvgIpc) is 3.08. The van der Waals surface area contributed by atoms with Gasteiger partial charge < -0.3 is 19.8 Å². The monoisotopic (exact) mass is 561 g/mol. The first-order chi connectivity index (χ1) is 14.9. The van der Waals surface area contributed by atoms with Gasteiger partial charge >= 0.3 is 0 Å². The molecule has 2 heterocycles. The van der Waals surface area contributed by atoms with Gasteiger partial charge in [0.05, 0.1) is 18.3 Å². The van der Waals surface area contributed by atoms with Gasteiger partial charge in [-0.15, -0.1) is 24.0 Å². The fourth-order valence-electron chi connectivity index (χ4n) is 5.33. The second kappa shape index (κ2) is 12.6. The van der Waals surface area contributed by atoms with Gasteiger partial charge in [0.1, 0.15) is 5.76 Å². The molecule has 2 N–H and O–H groups in total. The van der Waals surface area contributed by atoms with E-state index in [1.54, 1.807) is 0 Å². The molecule has 2 unspecified atom stereocenters. The minimum absolute atomic E-state index is 0. The van der Waals surface area contributed by atoms with Gasteiger partial charge in [-0.1, -0.05) is 13.8 Å². The van der Waals surface area contributed by atoms with Gasteiger partial charge in [-0.05, 0) is 71.9 Å². The van der Waals surface area contributed by atoms with Crippen molar-refractivity contribution in [2.24, 2.45) is 16.3 Å². The zero-order valence-electron chi connectivity index (χ0n) is 20.9. The summed E-state index contributed by atoms with van der Waals surface area (Å²) in [7, 11) is 1.87. The minimum atomic E-state index is 0. The summed E-state index contributed by atoms with van der Waals surface area (Å²) < 4.78 is 11.8. The molecule has 0 radical (unpaired) electrons. The number of piperidine rings is 1. The molecule has 0 aromatic carbocycles. The maximum atomic E-state index is 6.02. The van der Waals surface area contributed by atoms with Crippen LogP contribution in [-0.4, -0.2) is 61.3 Å². The Morgan fingerprint density at radius 3 is 2.44 bits per heavy atom. The molecule has 7 nitrogen and oxygen atoms in total. The summed E-state index contributed by atoms with van der Waals surface area (Å²) in [5.41, 5.74) is 1.22. The number of aryl methyl sites for hydroxylation is 2. The molecule has 0 amide bonds. The van der Waals surface area contributed by atoms with Gasteiger partial charge in [-0.2, -0.15) is 0 Å². The van der Waals surface area contributed by atoms with Crippen molar-refractivity contribution in [2.45, 2.75) is 85.4 Å². The van der Waals surface area contributed by atoms with Crippen LogP contribution in [0, 0.1) is 25.2 Å². The lowest BCUT2D eigenvalue weighted by atomic mass is 9.58. The van der Waals surface area contributed by atoms with Crippen molar-refractivity contribution >= 4 is 29.9 Å². The van der Waals surface area contributed by atoms with Crippen LogP contribution in [0.2, 0.25) is 0 Å². The summed E-state index contributed by atoms with van der Waals surface area (Å²) in [5.74, 6) is 3.38. The van der Waals surface area contributed by atoms with Crippen molar-refractivity contribution in [3.8, 4) is 0 Å². The van der Waals surface area contributed by atoms with Crippen LogP contribution in [0.3, 0.4) is 0 Å². The predicted molar refractivity (Wildman–Crippen MR) is 141 cm³/mol. The maximum absolute atomic E-state index is 6.02. The van der Waals surface area contributed by atoms with Gasteiger partial charge in [0.15, 0.2) is 5.96 Å². The number of hydrogen-bond acceptors (Lipinski definition) is 5. The minimum Gasteiger partial charge on any atom is -0.444 e. The average molecular weight is 562 g/mol. The van der Waals surface area contributed by atoms with E-state index in [9.17, 15) is 0 Å². The molecule has 2 fully saturated rings. The van der Waals surface area contributed by atoms with E-state index in [-0.39, 0.29) is 29.4 Å². The van der Waals surface area contributed by atoms with Crippen LogP contribution in [0.4, 0.5) is 0 Å². The highest BCUT2D eigenvalue weighted by atomic mass is 127. The molecule has 1 saturated heterocycles. The second-order valence-corrected chi connectivity index (χ2v) is 9.24. The van der Waals surface area contributed by atoms with Crippen molar-refractivity contribution in [1.82, 2.24) is 20.5 Å². The number of aliphatic imine (C=N–C) groups is 1.